The summed E-state index contributed by atoms with van der Waals surface area (Å²) < 4.78 is 48.9. The van der Waals surface area contributed by atoms with Gasteiger partial charge in [-0.3, -0.25) is 29.0 Å². The number of hydrogen-bond donors (Lipinski definition) is 2. The minimum Gasteiger partial charge on any atom is -0.377 e. The Bertz CT molecular complexity index is 2150. The van der Waals surface area contributed by atoms with Crippen molar-refractivity contribution in [3.05, 3.63) is 77.8 Å². The second-order valence-corrected chi connectivity index (χ2v) is 12.7. The molecule has 19 heteroatoms. The number of alkyl halides is 3. The van der Waals surface area contributed by atoms with Crippen molar-refractivity contribution in [2.45, 2.75) is 45.5 Å². The van der Waals surface area contributed by atoms with Gasteiger partial charge >= 0.3 is 6.18 Å². The third kappa shape index (κ3) is 6.52. The number of carbonyl (C=O) groups excluding carboxylic acids is 2. The molecule has 50 heavy (non-hydrogen) atoms. The van der Waals surface area contributed by atoms with Crippen LogP contribution in [0.3, 0.4) is 0 Å². The number of benzene rings is 1. The summed E-state index contributed by atoms with van der Waals surface area (Å²) in [5.74, 6) is -0.803. The zero-order valence-corrected chi connectivity index (χ0v) is 28.6. The van der Waals surface area contributed by atoms with E-state index < -0.39 is 40.7 Å². The van der Waals surface area contributed by atoms with Crippen LogP contribution in [0.5, 0.6) is 0 Å². The van der Waals surface area contributed by atoms with Crippen LogP contribution in [0.4, 0.5) is 24.5 Å². The van der Waals surface area contributed by atoms with Gasteiger partial charge in [-0.15, -0.1) is 5.10 Å². The highest BCUT2D eigenvalue weighted by Gasteiger charge is 2.35. The summed E-state index contributed by atoms with van der Waals surface area (Å²) in [6.45, 7) is 4.52. The van der Waals surface area contributed by atoms with E-state index in [2.05, 4.69) is 20.5 Å². The maximum atomic E-state index is 14.2. The fourth-order valence-electron chi connectivity index (χ4n) is 6.23. The average Bonchev–Trinajstić information content (AvgIpc) is 3.63. The van der Waals surface area contributed by atoms with E-state index in [-0.39, 0.29) is 65.5 Å². The topological polar surface area (TPSA) is 152 Å². The van der Waals surface area contributed by atoms with Crippen molar-refractivity contribution >= 4 is 57.7 Å². The lowest BCUT2D eigenvalue weighted by Gasteiger charge is -2.41. The summed E-state index contributed by atoms with van der Waals surface area (Å²) in [5, 5.41) is 9.25. The van der Waals surface area contributed by atoms with E-state index in [1.54, 1.807) is 18.4 Å². The number of nitrogens with zero attached hydrogens (tertiary/aromatic N) is 7. The van der Waals surface area contributed by atoms with E-state index in [4.69, 9.17) is 27.9 Å². The molecule has 3 aromatic heterocycles. The molecule has 2 aliphatic heterocycles. The predicted octanol–water partition coefficient (Wildman–Crippen LogP) is 3.60. The molecule has 0 saturated carbocycles. The molecule has 0 spiro atoms. The molecule has 1 saturated heterocycles. The quantitative estimate of drug-likeness (QED) is 0.292. The van der Waals surface area contributed by atoms with Crippen LogP contribution < -0.4 is 21.3 Å². The summed E-state index contributed by atoms with van der Waals surface area (Å²) in [4.78, 5) is 61.6. The first-order valence-corrected chi connectivity index (χ1v) is 16.4. The van der Waals surface area contributed by atoms with Gasteiger partial charge < -0.3 is 24.4 Å². The average molecular weight is 739 g/mol. The van der Waals surface area contributed by atoms with Crippen LogP contribution in [0.15, 0.2) is 33.9 Å². The predicted molar refractivity (Wildman–Crippen MR) is 179 cm³/mol. The molecule has 1 atom stereocenters. The van der Waals surface area contributed by atoms with Crippen LogP contribution in [-0.2, 0) is 35.7 Å². The molecule has 0 bridgehead atoms. The normalized spacial score (nSPS) is 17.0. The van der Waals surface area contributed by atoms with Gasteiger partial charge in [-0.1, -0.05) is 36.2 Å². The highest BCUT2D eigenvalue weighted by atomic mass is 35.5. The van der Waals surface area contributed by atoms with Crippen LogP contribution in [0.1, 0.15) is 47.7 Å². The van der Waals surface area contributed by atoms with Gasteiger partial charge in [0.1, 0.15) is 22.9 Å². The van der Waals surface area contributed by atoms with Crippen molar-refractivity contribution in [1.82, 2.24) is 33.8 Å². The van der Waals surface area contributed by atoms with Crippen LogP contribution in [0.25, 0.3) is 11.4 Å². The fraction of sp³-hybridized carbons (Fsp3) is 0.419. The van der Waals surface area contributed by atoms with E-state index in [1.807, 2.05) is 11.0 Å². The number of anilines is 2. The molecule has 14 nitrogen and oxygen atoms in total. The van der Waals surface area contributed by atoms with Gasteiger partial charge in [0.15, 0.2) is 5.82 Å². The van der Waals surface area contributed by atoms with Crippen molar-refractivity contribution in [3.8, 4) is 0 Å². The summed E-state index contributed by atoms with van der Waals surface area (Å²) >= 11 is 12.3. The Hall–Kier alpha value is -4.61. The maximum Gasteiger partial charge on any atom is 0.416 e. The van der Waals surface area contributed by atoms with E-state index in [1.165, 1.54) is 16.6 Å². The fourth-order valence-corrected chi connectivity index (χ4v) is 6.67. The highest BCUT2D eigenvalue weighted by molar-refractivity contribution is 6.34. The Balaban J connectivity index is 1.37. The van der Waals surface area contributed by atoms with Crippen LogP contribution in [-0.4, -0.2) is 84.5 Å². The van der Waals surface area contributed by atoms with Gasteiger partial charge in [0.05, 0.1) is 35.2 Å². The van der Waals surface area contributed by atoms with Crippen molar-refractivity contribution in [3.63, 3.8) is 0 Å². The molecule has 0 unspecified atom stereocenters. The molecule has 0 aliphatic carbocycles. The minimum absolute atomic E-state index is 0.0197. The molecule has 5 heterocycles. The van der Waals surface area contributed by atoms with Gasteiger partial charge in [-0.2, -0.15) is 22.7 Å². The number of carbonyl (C=O) groups is 2. The smallest absolute Gasteiger partial charge is 0.377 e. The van der Waals surface area contributed by atoms with Crippen LogP contribution in [0, 0.1) is 0 Å². The Morgan fingerprint density at radius 3 is 2.54 bits per heavy atom. The Kier molecular flexibility index (Phi) is 9.58. The number of amides is 2. The number of fused-ring (bicyclic) bond motifs is 1. The molecule has 2 amide bonds. The Labute approximate surface area is 292 Å². The van der Waals surface area contributed by atoms with Gasteiger partial charge in [0.2, 0.25) is 11.7 Å². The molecular formula is C31H32Cl2F3N9O5. The lowest BCUT2D eigenvalue weighted by atomic mass is 10.1. The van der Waals surface area contributed by atoms with E-state index >= 15 is 0 Å². The van der Waals surface area contributed by atoms with Crippen molar-refractivity contribution in [1.29, 1.82) is 0 Å². The number of nitrogens with one attached hydrogen (secondary N) is 2. The number of piperazine rings is 1. The third-order valence-electron chi connectivity index (χ3n) is 8.70. The number of H-pyrrole nitrogens is 1. The Morgan fingerprint density at radius 1 is 1.18 bits per heavy atom. The highest BCUT2D eigenvalue weighted by Crippen LogP contribution is 2.34. The molecule has 4 aromatic rings. The van der Waals surface area contributed by atoms with Crippen molar-refractivity contribution < 1.29 is 27.5 Å². The minimum atomic E-state index is -4.62. The second kappa shape index (κ2) is 13.6. The van der Waals surface area contributed by atoms with E-state index in [9.17, 15) is 32.3 Å². The first kappa shape index (κ1) is 35.2. The number of halogens is 5. The number of rotatable bonds is 7. The summed E-state index contributed by atoms with van der Waals surface area (Å²) in [5.41, 5.74) is -0.810. The monoisotopic (exact) mass is 737 g/mol. The number of aromatic amines is 1. The summed E-state index contributed by atoms with van der Waals surface area (Å²) in [7, 11) is 1.52. The molecule has 0 radical (unpaired) electrons. The van der Waals surface area contributed by atoms with Crippen LogP contribution in [0.2, 0.25) is 10.2 Å². The maximum absolute atomic E-state index is 14.2. The lowest BCUT2D eigenvalue weighted by molar-refractivity contribution is -0.137. The standard InChI is InChI=1S/C31H32Cl2F3N9O5/c1-4-21-24(42-9-10-43(16(2)14-42)28(48)23-25(33)41(3)40-27(23)47)29(49)45-30(38-26(39-45)17-7-11-50-12-8-17)44(21)15-22(46)37-20-6-5-18(13-19(20)32)31(34,35)36/h5-7,13,16H,4,8-12,14-15H2,1-3H3,(H,37,46)(H,40,47)/t16-/m1/s1. The molecule has 266 valence electrons. The largest absolute Gasteiger partial charge is 0.416 e. The molecule has 1 fully saturated rings. The molecule has 2 N–H and O–H groups in total. The van der Waals surface area contributed by atoms with Gasteiger partial charge in [0.25, 0.3) is 17.0 Å². The van der Waals surface area contributed by atoms with Gasteiger partial charge in [-0.25, -0.2) is 0 Å². The lowest BCUT2D eigenvalue weighted by Crippen LogP contribution is -2.56. The van der Waals surface area contributed by atoms with Gasteiger partial charge in [0, 0.05) is 32.7 Å². The third-order valence-corrected chi connectivity index (χ3v) is 9.45. The number of hydrogen-bond acceptors (Lipinski definition) is 8. The first-order chi connectivity index (χ1) is 23.7. The SMILES string of the molecule is CCc1c(N2CCN(C(=O)c3c(Cl)n(C)[nH]c3=O)[C@H](C)C2)c(=O)n2nc(C3=CCOCC3)nc2n1CC(=O)Nc1ccc(C(F)(F)F)cc1Cl. The zero-order valence-electron chi connectivity index (χ0n) is 27.1. The van der Waals surface area contributed by atoms with Gasteiger partial charge in [-0.05, 0) is 43.5 Å². The van der Waals surface area contributed by atoms with E-state index in [0.717, 1.165) is 28.3 Å². The molecular weight excluding hydrogens is 706 g/mol. The van der Waals surface area contributed by atoms with Crippen molar-refractivity contribution in [2.24, 2.45) is 7.05 Å². The summed E-state index contributed by atoms with van der Waals surface area (Å²) in [6, 6.07) is 2.14. The first-order valence-electron chi connectivity index (χ1n) is 15.7. The number of aryl methyl sites for hydroxylation is 1. The second-order valence-electron chi connectivity index (χ2n) is 11.9. The zero-order chi connectivity index (χ0) is 36.1. The summed E-state index contributed by atoms with van der Waals surface area (Å²) in [6.07, 6.45) is -2.02. The number of ether oxygens (including phenoxy) is 1. The van der Waals surface area contributed by atoms with E-state index in [0.29, 0.717) is 31.2 Å². The molecule has 2 aliphatic rings. The molecule has 1 aromatic carbocycles. The Morgan fingerprint density at radius 2 is 1.94 bits per heavy atom. The van der Waals surface area contributed by atoms with Crippen LogP contribution >= 0.6 is 23.2 Å². The van der Waals surface area contributed by atoms with Crippen molar-refractivity contribution in [2.75, 3.05) is 43.1 Å². The number of aromatic nitrogens is 6. The molecule has 6 rings (SSSR count).